The van der Waals surface area contributed by atoms with E-state index < -0.39 is 0 Å². The van der Waals surface area contributed by atoms with Crippen molar-refractivity contribution in [1.82, 2.24) is 4.90 Å². The Labute approximate surface area is 110 Å². The fourth-order valence-corrected chi connectivity index (χ4v) is 1.89. The van der Waals surface area contributed by atoms with Gasteiger partial charge in [-0.05, 0) is 50.2 Å². The van der Waals surface area contributed by atoms with Gasteiger partial charge in [0.25, 0.3) is 0 Å². The zero-order chi connectivity index (χ0) is 12.8. The molecule has 0 saturated carbocycles. The number of likely N-dealkylation sites (N-methyl/N-ethyl adjacent to an activating group) is 1. The summed E-state index contributed by atoms with van der Waals surface area (Å²) in [6.45, 7) is 6.00. The first-order valence-corrected chi connectivity index (χ1v) is 6.42. The van der Waals surface area contributed by atoms with Crippen molar-refractivity contribution in [2.45, 2.75) is 20.3 Å². The molecule has 17 heavy (non-hydrogen) atoms. The van der Waals surface area contributed by atoms with Gasteiger partial charge in [0.15, 0.2) is 0 Å². The van der Waals surface area contributed by atoms with Gasteiger partial charge in [-0.2, -0.15) is 0 Å². The second-order valence-electron chi connectivity index (χ2n) is 5.04. The van der Waals surface area contributed by atoms with Crippen molar-refractivity contribution in [3.63, 3.8) is 0 Å². The first-order valence-electron chi connectivity index (χ1n) is 6.04. The van der Waals surface area contributed by atoms with Crippen LogP contribution in [0.5, 0.6) is 5.75 Å². The Bertz CT molecular complexity index is 350. The molecule has 1 aromatic rings. The summed E-state index contributed by atoms with van der Waals surface area (Å²) in [5.74, 6) is 1.50. The minimum absolute atomic E-state index is 0.628. The van der Waals surface area contributed by atoms with Gasteiger partial charge in [0.2, 0.25) is 0 Å². The van der Waals surface area contributed by atoms with Gasteiger partial charge >= 0.3 is 0 Å². The summed E-state index contributed by atoms with van der Waals surface area (Å²) in [6.07, 6.45) is 1.03. The highest BCUT2D eigenvalue weighted by atomic mass is 35.5. The lowest BCUT2D eigenvalue weighted by Crippen LogP contribution is -2.19. The summed E-state index contributed by atoms with van der Waals surface area (Å²) in [4.78, 5) is 2.10. The fourth-order valence-electron chi connectivity index (χ4n) is 1.64. The molecule has 0 aliphatic heterocycles. The molecule has 2 nitrogen and oxygen atoms in total. The molecule has 0 aliphatic rings. The minimum Gasteiger partial charge on any atom is -0.492 e. The SMILES string of the molecule is CC(C)Cc1cc(Cl)cc(OCCN(C)C)c1. The van der Waals surface area contributed by atoms with Crippen LogP contribution < -0.4 is 4.74 Å². The summed E-state index contributed by atoms with van der Waals surface area (Å²) in [5.41, 5.74) is 1.24. The lowest BCUT2D eigenvalue weighted by molar-refractivity contribution is 0.261. The van der Waals surface area contributed by atoms with Gasteiger partial charge in [0.1, 0.15) is 12.4 Å². The zero-order valence-corrected chi connectivity index (χ0v) is 11.9. The predicted octanol–water partition coefficient (Wildman–Crippen LogP) is 3.48. The maximum atomic E-state index is 6.08. The molecule has 0 fully saturated rings. The normalized spacial score (nSPS) is 11.2. The van der Waals surface area contributed by atoms with Gasteiger partial charge in [0, 0.05) is 11.6 Å². The molecule has 0 spiro atoms. The Kier molecular flexibility index (Phi) is 5.79. The number of halogens is 1. The first kappa shape index (κ1) is 14.3. The second kappa shape index (κ2) is 6.87. The van der Waals surface area contributed by atoms with Gasteiger partial charge in [-0.15, -0.1) is 0 Å². The average Bonchev–Trinajstić information content (AvgIpc) is 2.14. The van der Waals surface area contributed by atoms with Gasteiger partial charge in [-0.1, -0.05) is 25.4 Å². The maximum absolute atomic E-state index is 6.08. The Morgan fingerprint density at radius 1 is 1.24 bits per heavy atom. The molecule has 1 aromatic carbocycles. The smallest absolute Gasteiger partial charge is 0.121 e. The summed E-state index contributed by atoms with van der Waals surface area (Å²) in [7, 11) is 4.07. The molecular formula is C14H22ClNO. The topological polar surface area (TPSA) is 12.5 Å². The molecule has 0 atom stereocenters. The van der Waals surface area contributed by atoms with E-state index in [0.29, 0.717) is 12.5 Å². The van der Waals surface area contributed by atoms with Crippen molar-refractivity contribution in [3.05, 3.63) is 28.8 Å². The van der Waals surface area contributed by atoms with Crippen molar-refractivity contribution < 1.29 is 4.74 Å². The van der Waals surface area contributed by atoms with Gasteiger partial charge < -0.3 is 9.64 Å². The Hall–Kier alpha value is -0.730. The number of benzene rings is 1. The van der Waals surface area contributed by atoms with E-state index in [1.54, 1.807) is 0 Å². The first-order chi connectivity index (χ1) is 7.97. The van der Waals surface area contributed by atoms with E-state index >= 15 is 0 Å². The van der Waals surface area contributed by atoms with E-state index in [1.165, 1.54) is 5.56 Å². The minimum atomic E-state index is 0.628. The summed E-state index contributed by atoms with van der Waals surface area (Å²) < 4.78 is 5.69. The van der Waals surface area contributed by atoms with Crippen LogP contribution in [0.15, 0.2) is 18.2 Å². The number of nitrogens with zero attached hydrogens (tertiary/aromatic N) is 1. The molecule has 0 radical (unpaired) electrons. The van der Waals surface area contributed by atoms with Crippen molar-refractivity contribution >= 4 is 11.6 Å². The van der Waals surface area contributed by atoms with Crippen molar-refractivity contribution in [2.75, 3.05) is 27.2 Å². The molecule has 0 aliphatic carbocycles. The molecule has 0 heterocycles. The van der Waals surface area contributed by atoms with E-state index in [4.69, 9.17) is 16.3 Å². The molecule has 0 saturated heterocycles. The van der Waals surface area contributed by atoms with Crippen LogP contribution in [0.1, 0.15) is 19.4 Å². The molecule has 0 aromatic heterocycles. The second-order valence-corrected chi connectivity index (χ2v) is 5.48. The Balaban J connectivity index is 2.62. The van der Waals surface area contributed by atoms with E-state index in [-0.39, 0.29) is 0 Å². The van der Waals surface area contributed by atoms with Gasteiger partial charge in [-0.3, -0.25) is 0 Å². The molecule has 1 rings (SSSR count). The van der Waals surface area contributed by atoms with E-state index in [0.717, 1.165) is 23.7 Å². The van der Waals surface area contributed by atoms with E-state index in [1.807, 2.05) is 26.2 Å². The highest BCUT2D eigenvalue weighted by molar-refractivity contribution is 6.30. The van der Waals surface area contributed by atoms with E-state index in [2.05, 4.69) is 24.8 Å². The predicted molar refractivity (Wildman–Crippen MR) is 74.0 cm³/mol. The molecule has 0 amide bonds. The van der Waals surface area contributed by atoms with Crippen LogP contribution in [0, 0.1) is 5.92 Å². The molecule has 0 bridgehead atoms. The summed E-state index contributed by atoms with van der Waals surface area (Å²) in [6, 6.07) is 5.98. The monoisotopic (exact) mass is 255 g/mol. The van der Waals surface area contributed by atoms with Gasteiger partial charge in [-0.25, -0.2) is 0 Å². The standard InChI is InChI=1S/C14H22ClNO/c1-11(2)7-12-8-13(15)10-14(9-12)17-6-5-16(3)4/h8-11H,5-7H2,1-4H3. The lowest BCUT2D eigenvalue weighted by Gasteiger charge is -2.13. The third kappa shape index (κ3) is 5.94. The number of hydrogen-bond acceptors (Lipinski definition) is 2. The highest BCUT2D eigenvalue weighted by Gasteiger charge is 2.03. The van der Waals surface area contributed by atoms with E-state index in [9.17, 15) is 0 Å². The molecule has 0 N–H and O–H groups in total. The fraction of sp³-hybridized carbons (Fsp3) is 0.571. The van der Waals surface area contributed by atoms with Crippen LogP contribution >= 0.6 is 11.6 Å². The molecule has 3 heteroatoms. The Morgan fingerprint density at radius 2 is 1.94 bits per heavy atom. The molecule has 96 valence electrons. The maximum Gasteiger partial charge on any atom is 0.121 e. The van der Waals surface area contributed by atoms with Crippen molar-refractivity contribution in [2.24, 2.45) is 5.92 Å². The number of rotatable bonds is 6. The summed E-state index contributed by atoms with van der Waals surface area (Å²) >= 11 is 6.08. The van der Waals surface area contributed by atoms with Crippen LogP contribution in [0.3, 0.4) is 0 Å². The van der Waals surface area contributed by atoms with Crippen LogP contribution in [-0.2, 0) is 6.42 Å². The van der Waals surface area contributed by atoms with Crippen LogP contribution in [-0.4, -0.2) is 32.1 Å². The number of ether oxygens (including phenoxy) is 1. The van der Waals surface area contributed by atoms with Gasteiger partial charge in [0.05, 0.1) is 0 Å². The average molecular weight is 256 g/mol. The number of hydrogen-bond donors (Lipinski definition) is 0. The highest BCUT2D eigenvalue weighted by Crippen LogP contribution is 2.22. The third-order valence-corrected chi connectivity index (χ3v) is 2.60. The van der Waals surface area contributed by atoms with Crippen LogP contribution in [0.2, 0.25) is 5.02 Å². The summed E-state index contributed by atoms with van der Waals surface area (Å²) in [5, 5.41) is 0.753. The third-order valence-electron chi connectivity index (χ3n) is 2.38. The molecule has 0 unspecified atom stereocenters. The van der Waals surface area contributed by atoms with Crippen molar-refractivity contribution in [1.29, 1.82) is 0 Å². The Morgan fingerprint density at radius 3 is 2.53 bits per heavy atom. The molecular weight excluding hydrogens is 234 g/mol. The zero-order valence-electron chi connectivity index (χ0n) is 11.2. The lowest BCUT2D eigenvalue weighted by atomic mass is 10.0. The van der Waals surface area contributed by atoms with Crippen LogP contribution in [0.4, 0.5) is 0 Å². The largest absolute Gasteiger partial charge is 0.492 e. The van der Waals surface area contributed by atoms with Crippen LogP contribution in [0.25, 0.3) is 0 Å². The quantitative estimate of drug-likeness (QED) is 0.772. The van der Waals surface area contributed by atoms with Crippen molar-refractivity contribution in [3.8, 4) is 5.75 Å².